The van der Waals surface area contributed by atoms with Crippen molar-refractivity contribution in [2.75, 3.05) is 12.0 Å². The van der Waals surface area contributed by atoms with Crippen LogP contribution in [0.5, 0.6) is 0 Å². The Hall–Kier alpha value is -2.34. The first kappa shape index (κ1) is 16.5. The molecule has 124 valence electrons. The van der Waals surface area contributed by atoms with Gasteiger partial charge in [-0.25, -0.2) is 4.98 Å². The molecule has 0 bridgehead atoms. The van der Waals surface area contributed by atoms with Crippen molar-refractivity contribution in [1.82, 2.24) is 20.3 Å². The van der Waals surface area contributed by atoms with Gasteiger partial charge < -0.3 is 10.3 Å². The first-order chi connectivity index (χ1) is 11.7. The maximum Gasteiger partial charge on any atom is 0.253 e. The van der Waals surface area contributed by atoms with E-state index in [9.17, 15) is 4.79 Å². The smallest absolute Gasteiger partial charge is 0.253 e. The van der Waals surface area contributed by atoms with E-state index in [1.807, 2.05) is 37.3 Å². The third-order valence-electron chi connectivity index (χ3n) is 3.83. The normalized spacial score (nSPS) is 12.2. The lowest BCUT2D eigenvalue weighted by Crippen LogP contribution is -2.29. The summed E-state index contributed by atoms with van der Waals surface area (Å²) in [6.45, 7) is 1.90. The van der Waals surface area contributed by atoms with Crippen LogP contribution in [-0.4, -0.2) is 32.9 Å². The molecule has 0 aliphatic carbocycles. The van der Waals surface area contributed by atoms with Crippen molar-refractivity contribution in [1.29, 1.82) is 0 Å². The minimum atomic E-state index is -0.154. The number of para-hydroxylation sites is 2. The molecule has 24 heavy (non-hydrogen) atoms. The van der Waals surface area contributed by atoms with Crippen LogP contribution in [0.2, 0.25) is 0 Å². The number of pyridine rings is 1. The zero-order valence-electron chi connectivity index (χ0n) is 13.7. The first-order valence-electron chi connectivity index (χ1n) is 7.84. The highest BCUT2D eigenvalue weighted by Crippen LogP contribution is 2.20. The molecule has 2 heterocycles. The van der Waals surface area contributed by atoms with Crippen molar-refractivity contribution in [3.63, 3.8) is 0 Å². The van der Waals surface area contributed by atoms with E-state index in [1.165, 1.54) is 0 Å². The summed E-state index contributed by atoms with van der Waals surface area (Å²) in [6.07, 6.45) is 4.47. The topological polar surface area (TPSA) is 70.7 Å². The van der Waals surface area contributed by atoms with E-state index in [0.29, 0.717) is 5.56 Å². The number of carbonyl (C=O) groups is 1. The number of imidazole rings is 1. The number of fused-ring (bicyclic) bond motifs is 1. The van der Waals surface area contributed by atoms with Crippen LogP contribution in [0.1, 0.15) is 34.3 Å². The minimum absolute atomic E-state index is 0.131. The van der Waals surface area contributed by atoms with E-state index in [1.54, 1.807) is 24.0 Å². The SMILES string of the molecule is CSCCC(NC(=O)c1ccc(C)nc1)c1nc2ccccc2[nH]1. The number of aryl methyl sites for hydroxylation is 1. The van der Waals surface area contributed by atoms with Crippen molar-refractivity contribution in [2.24, 2.45) is 0 Å². The zero-order chi connectivity index (χ0) is 16.9. The molecule has 1 atom stereocenters. The van der Waals surface area contributed by atoms with E-state index >= 15 is 0 Å². The number of amides is 1. The third kappa shape index (κ3) is 3.76. The number of hydrogen-bond donors (Lipinski definition) is 2. The Bertz CT molecular complexity index is 795. The Morgan fingerprint density at radius 1 is 1.29 bits per heavy atom. The van der Waals surface area contributed by atoms with E-state index < -0.39 is 0 Å². The fraction of sp³-hybridized carbons (Fsp3) is 0.278. The van der Waals surface area contributed by atoms with Crippen LogP contribution in [-0.2, 0) is 0 Å². The number of nitrogens with zero attached hydrogens (tertiary/aromatic N) is 2. The number of aromatic amines is 1. The quantitative estimate of drug-likeness (QED) is 0.720. The molecule has 5 nitrogen and oxygen atoms in total. The van der Waals surface area contributed by atoms with Crippen molar-refractivity contribution in [3.05, 3.63) is 59.7 Å². The summed E-state index contributed by atoms with van der Waals surface area (Å²) < 4.78 is 0. The highest BCUT2D eigenvalue weighted by Gasteiger charge is 2.19. The summed E-state index contributed by atoms with van der Waals surface area (Å²) in [5.74, 6) is 1.60. The number of benzene rings is 1. The van der Waals surface area contributed by atoms with Gasteiger partial charge in [-0.2, -0.15) is 11.8 Å². The maximum atomic E-state index is 12.5. The fourth-order valence-corrected chi connectivity index (χ4v) is 2.97. The van der Waals surface area contributed by atoms with Crippen molar-refractivity contribution < 1.29 is 4.79 Å². The minimum Gasteiger partial charge on any atom is -0.342 e. The summed E-state index contributed by atoms with van der Waals surface area (Å²) in [5.41, 5.74) is 3.34. The Morgan fingerprint density at radius 2 is 2.12 bits per heavy atom. The number of hydrogen-bond acceptors (Lipinski definition) is 4. The molecule has 1 unspecified atom stereocenters. The predicted octanol–water partition coefficient (Wildman–Crippen LogP) is 3.49. The molecular weight excluding hydrogens is 320 g/mol. The van der Waals surface area contributed by atoms with Gasteiger partial charge in [-0.05, 0) is 49.6 Å². The van der Waals surface area contributed by atoms with Gasteiger partial charge in [0.05, 0.1) is 22.6 Å². The number of rotatable bonds is 6. The Morgan fingerprint density at radius 3 is 2.83 bits per heavy atom. The molecule has 1 amide bonds. The highest BCUT2D eigenvalue weighted by molar-refractivity contribution is 7.98. The number of H-pyrrole nitrogens is 1. The molecule has 0 saturated carbocycles. The molecule has 2 N–H and O–H groups in total. The van der Waals surface area contributed by atoms with Crippen LogP contribution >= 0.6 is 11.8 Å². The number of thioether (sulfide) groups is 1. The Kier molecular flexibility index (Phi) is 5.15. The van der Waals surface area contributed by atoms with Crippen molar-refractivity contribution >= 4 is 28.7 Å². The van der Waals surface area contributed by atoms with Gasteiger partial charge >= 0.3 is 0 Å². The van der Waals surface area contributed by atoms with Gasteiger partial charge in [0.1, 0.15) is 5.82 Å². The van der Waals surface area contributed by atoms with Crippen molar-refractivity contribution in [3.8, 4) is 0 Å². The molecular formula is C18H20N4OS. The first-order valence-corrected chi connectivity index (χ1v) is 9.24. The van der Waals surface area contributed by atoms with Crippen molar-refractivity contribution in [2.45, 2.75) is 19.4 Å². The summed E-state index contributed by atoms with van der Waals surface area (Å²) in [7, 11) is 0. The third-order valence-corrected chi connectivity index (χ3v) is 4.47. The van der Waals surface area contributed by atoms with E-state index in [2.05, 4.69) is 26.5 Å². The number of carbonyl (C=O) groups excluding carboxylic acids is 1. The number of nitrogens with one attached hydrogen (secondary N) is 2. The monoisotopic (exact) mass is 340 g/mol. The second kappa shape index (κ2) is 7.49. The number of aromatic nitrogens is 3. The molecule has 2 aromatic heterocycles. The largest absolute Gasteiger partial charge is 0.342 e. The Labute approximate surface area is 145 Å². The van der Waals surface area contributed by atoms with E-state index in [0.717, 1.165) is 34.7 Å². The molecule has 1 aromatic carbocycles. The average molecular weight is 340 g/mol. The van der Waals surface area contributed by atoms with Crippen LogP contribution in [0, 0.1) is 6.92 Å². The maximum absolute atomic E-state index is 12.5. The van der Waals surface area contributed by atoms with Gasteiger partial charge in [-0.15, -0.1) is 0 Å². The van der Waals surface area contributed by atoms with Gasteiger partial charge in [-0.3, -0.25) is 9.78 Å². The van der Waals surface area contributed by atoms with Crippen LogP contribution < -0.4 is 5.32 Å². The molecule has 6 heteroatoms. The van der Waals surface area contributed by atoms with Gasteiger partial charge in [0, 0.05) is 11.9 Å². The predicted molar refractivity (Wildman–Crippen MR) is 98.3 cm³/mol. The summed E-state index contributed by atoms with van der Waals surface area (Å²) in [5, 5.41) is 3.08. The lowest BCUT2D eigenvalue weighted by Gasteiger charge is -2.16. The molecule has 0 saturated heterocycles. The molecule has 0 aliphatic heterocycles. The standard InChI is InChI=1S/C18H20N4OS/c1-12-7-8-13(11-19-12)18(23)22-16(9-10-24-2)17-20-14-5-3-4-6-15(14)21-17/h3-8,11,16H,9-10H2,1-2H3,(H,20,21)(H,22,23). The van der Waals surface area contributed by atoms with E-state index in [-0.39, 0.29) is 11.9 Å². The summed E-state index contributed by atoms with van der Waals surface area (Å²) in [6, 6.07) is 11.4. The second-order valence-corrected chi connectivity index (χ2v) is 6.62. The van der Waals surface area contributed by atoms with Crippen LogP contribution in [0.15, 0.2) is 42.6 Å². The molecule has 3 rings (SSSR count). The molecule has 0 radical (unpaired) electrons. The van der Waals surface area contributed by atoms with Crippen LogP contribution in [0.25, 0.3) is 11.0 Å². The van der Waals surface area contributed by atoms with Gasteiger partial charge in [-0.1, -0.05) is 12.1 Å². The molecule has 0 spiro atoms. The molecule has 3 aromatic rings. The average Bonchev–Trinajstić information content (AvgIpc) is 3.03. The van der Waals surface area contributed by atoms with E-state index in [4.69, 9.17) is 0 Å². The molecule has 0 fully saturated rings. The summed E-state index contributed by atoms with van der Waals surface area (Å²) >= 11 is 1.75. The van der Waals surface area contributed by atoms with Gasteiger partial charge in [0.15, 0.2) is 0 Å². The van der Waals surface area contributed by atoms with Gasteiger partial charge in [0.2, 0.25) is 0 Å². The fourth-order valence-electron chi connectivity index (χ4n) is 2.49. The Balaban J connectivity index is 1.83. The van der Waals surface area contributed by atoms with Crippen LogP contribution in [0.3, 0.4) is 0 Å². The lowest BCUT2D eigenvalue weighted by molar-refractivity contribution is 0.0934. The lowest BCUT2D eigenvalue weighted by atomic mass is 10.2. The summed E-state index contributed by atoms with van der Waals surface area (Å²) in [4.78, 5) is 24.7. The van der Waals surface area contributed by atoms with Gasteiger partial charge in [0.25, 0.3) is 5.91 Å². The second-order valence-electron chi connectivity index (χ2n) is 5.63. The van der Waals surface area contributed by atoms with Crippen LogP contribution in [0.4, 0.5) is 0 Å². The highest BCUT2D eigenvalue weighted by atomic mass is 32.2. The molecule has 0 aliphatic rings. The zero-order valence-corrected chi connectivity index (χ0v) is 14.6.